The number of rotatable bonds is 6. The molecule has 0 bridgehead atoms. The number of hydrogen-bond donors (Lipinski definition) is 0. The zero-order valence-corrected chi connectivity index (χ0v) is 28.3. The Bertz CT molecular complexity index is 2180. The molecule has 0 fully saturated rings. The van der Waals surface area contributed by atoms with E-state index in [1.165, 1.54) is 0 Å². The lowest BCUT2D eigenvalue weighted by atomic mass is 10.2. The Morgan fingerprint density at radius 2 is 0.750 bits per heavy atom. The van der Waals surface area contributed by atoms with E-state index < -0.39 is 21.6 Å². The molecule has 1 heterocycles. The van der Waals surface area contributed by atoms with E-state index in [0.29, 0.717) is 16.9 Å². The normalized spacial score (nSPS) is 21.2. The Kier molecular flexibility index (Phi) is 8.38. The fraction of sp³-hybridized carbons (Fsp3) is 0. The summed E-state index contributed by atoms with van der Waals surface area (Å²) >= 11 is 0. The van der Waals surface area contributed by atoms with Gasteiger partial charge in [-0.3, -0.25) is 0 Å². The largest absolute Gasteiger partial charge is 0.238 e. The van der Waals surface area contributed by atoms with Crippen LogP contribution in [0.3, 0.4) is 0 Å². The molecule has 0 amide bonds. The Morgan fingerprint density at radius 1 is 0.417 bits per heavy atom. The summed E-state index contributed by atoms with van der Waals surface area (Å²) in [5, 5.41) is 15.5. The lowest BCUT2D eigenvalue weighted by Gasteiger charge is -2.38. The van der Waals surface area contributed by atoms with Crippen molar-refractivity contribution in [2.75, 3.05) is 0 Å². The van der Waals surface area contributed by atoms with E-state index >= 15 is 0 Å². The van der Waals surface area contributed by atoms with Crippen LogP contribution in [-0.4, -0.2) is 0 Å². The van der Waals surface area contributed by atoms with E-state index in [0.717, 1.165) is 31.8 Å². The van der Waals surface area contributed by atoms with Crippen molar-refractivity contribution >= 4 is 64.8 Å². The van der Waals surface area contributed by atoms with Crippen LogP contribution in [0.15, 0.2) is 177 Å². The topological polar surface area (TPSA) is 69.6 Å². The number of nitriles is 1. The molecular formula is C39H27N6P3. The minimum Gasteiger partial charge on any atom is -0.238 e. The third kappa shape index (κ3) is 5.36. The second-order valence-corrected chi connectivity index (χ2v) is 19.9. The Balaban J connectivity index is 1.83. The van der Waals surface area contributed by atoms with Gasteiger partial charge in [-0.25, -0.2) is 23.2 Å². The van der Waals surface area contributed by atoms with Gasteiger partial charge in [0.05, 0.1) is 24.8 Å². The molecule has 0 spiro atoms. The molecule has 228 valence electrons. The summed E-state index contributed by atoms with van der Waals surface area (Å²) in [6, 6.07) is 55.8. The van der Waals surface area contributed by atoms with Crippen molar-refractivity contribution in [3.63, 3.8) is 0 Å². The Hall–Kier alpha value is -5.52. The minimum atomic E-state index is -3.14. The van der Waals surface area contributed by atoms with E-state index in [-0.39, 0.29) is 0 Å². The molecule has 0 N–H and O–H groups in total. The molecule has 1 aliphatic rings. The van der Waals surface area contributed by atoms with E-state index in [1.807, 2.05) is 109 Å². The average Bonchev–Trinajstić information content (AvgIpc) is 3.18. The number of nitrogens with zero attached hydrogens (tertiary/aromatic N) is 6. The van der Waals surface area contributed by atoms with Gasteiger partial charge in [0.2, 0.25) is 0 Å². The van der Waals surface area contributed by atoms with Crippen molar-refractivity contribution in [1.29, 1.82) is 5.26 Å². The molecule has 6 aromatic carbocycles. The maximum Gasteiger partial charge on any atom is 0.188 e. The van der Waals surface area contributed by atoms with E-state index in [1.54, 1.807) is 18.2 Å². The smallest absolute Gasteiger partial charge is 0.188 e. The van der Waals surface area contributed by atoms with Gasteiger partial charge in [0.1, 0.15) is 21.6 Å². The van der Waals surface area contributed by atoms with Gasteiger partial charge >= 0.3 is 0 Å². The van der Waals surface area contributed by atoms with Gasteiger partial charge in [-0.2, -0.15) is 5.26 Å². The number of benzene rings is 6. The molecule has 6 nitrogen and oxygen atoms in total. The van der Waals surface area contributed by atoms with E-state index in [2.05, 4.69) is 52.2 Å². The molecule has 48 heavy (non-hydrogen) atoms. The lowest BCUT2D eigenvalue weighted by molar-refractivity contribution is 1.49. The highest BCUT2D eigenvalue weighted by molar-refractivity contribution is 8.00. The van der Waals surface area contributed by atoms with Crippen LogP contribution in [0.25, 0.3) is 9.69 Å². The molecule has 0 aromatic heterocycles. The molecule has 9 heteroatoms. The summed E-state index contributed by atoms with van der Waals surface area (Å²) in [5.41, 5.74) is 1.53. The average molecular weight is 673 g/mol. The van der Waals surface area contributed by atoms with Crippen molar-refractivity contribution in [2.45, 2.75) is 0 Å². The first-order valence-electron chi connectivity index (χ1n) is 15.1. The first-order chi connectivity index (χ1) is 23.5. The third-order valence-electron chi connectivity index (χ3n) is 8.10. The highest BCUT2D eigenvalue weighted by Crippen LogP contribution is 2.76. The van der Waals surface area contributed by atoms with Crippen molar-refractivity contribution in [3.8, 4) is 6.07 Å². The maximum absolute atomic E-state index is 10.1. The summed E-state index contributed by atoms with van der Waals surface area (Å²) in [4.78, 5) is 7.62. The van der Waals surface area contributed by atoms with Crippen LogP contribution >= 0.6 is 21.6 Å². The zero-order valence-electron chi connectivity index (χ0n) is 25.6. The zero-order chi connectivity index (χ0) is 33.0. The Labute approximate surface area is 281 Å². The van der Waals surface area contributed by atoms with Crippen molar-refractivity contribution < 1.29 is 0 Å². The molecule has 0 aliphatic carbocycles. The molecule has 0 radical (unpaired) electrons. The first kappa shape index (κ1) is 31.1. The summed E-state index contributed by atoms with van der Waals surface area (Å²) < 4.78 is 18.0. The highest BCUT2D eigenvalue weighted by Gasteiger charge is 2.42. The van der Waals surface area contributed by atoms with Gasteiger partial charge in [-0.15, -0.1) is 0 Å². The van der Waals surface area contributed by atoms with Crippen LogP contribution in [0.1, 0.15) is 5.56 Å². The van der Waals surface area contributed by atoms with Gasteiger partial charge in [0.15, 0.2) is 11.4 Å². The molecular weight excluding hydrogens is 645 g/mol. The molecule has 1 aliphatic heterocycles. The quantitative estimate of drug-likeness (QED) is 0.129. The van der Waals surface area contributed by atoms with Crippen molar-refractivity contribution in [3.05, 3.63) is 192 Å². The van der Waals surface area contributed by atoms with Gasteiger partial charge in [0.25, 0.3) is 0 Å². The summed E-state index contributed by atoms with van der Waals surface area (Å²) in [7, 11) is -9.41. The van der Waals surface area contributed by atoms with E-state index in [4.69, 9.17) is 26.7 Å². The van der Waals surface area contributed by atoms with Gasteiger partial charge < -0.3 is 0 Å². The van der Waals surface area contributed by atoms with Crippen molar-refractivity contribution in [1.82, 2.24) is 0 Å². The Morgan fingerprint density at radius 3 is 1.10 bits per heavy atom. The fourth-order valence-corrected chi connectivity index (χ4v) is 21.2. The standard InChI is InChI=1S/C39H27N6P3/c1-41-32-16-13-25-38(28-32)47(35-20-8-4-9-21-35)43-46(34-18-6-3-7-19-34,37-24-12-15-31(27-37)30-40)44-48(45-47,36-22-10-5-11-23-36)39-26-14-17-33(29-39)42-2/h3-29H. The monoisotopic (exact) mass is 672 g/mol. The third-order valence-corrected chi connectivity index (χ3v) is 20.4. The predicted molar refractivity (Wildman–Crippen MR) is 202 cm³/mol. The van der Waals surface area contributed by atoms with Crippen LogP contribution in [-0.2, 0) is 0 Å². The molecule has 3 atom stereocenters. The van der Waals surface area contributed by atoms with Gasteiger partial charge in [0, 0.05) is 31.8 Å². The van der Waals surface area contributed by atoms with Crippen LogP contribution in [0.2, 0.25) is 0 Å². The maximum atomic E-state index is 10.1. The predicted octanol–water partition coefficient (Wildman–Crippen LogP) is 9.27. The first-order valence-corrected chi connectivity index (χ1v) is 20.2. The summed E-state index contributed by atoms with van der Waals surface area (Å²) in [6.07, 6.45) is 0. The van der Waals surface area contributed by atoms with Crippen molar-refractivity contribution in [2.24, 2.45) is 13.5 Å². The molecule has 7 rings (SSSR count). The second-order valence-electron chi connectivity index (χ2n) is 11.0. The second kappa shape index (κ2) is 12.9. The van der Waals surface area contributed by atoms with Gasteiger partial charge in [-0.05, 0) is 24.3 Å². The van der Waals surface area contributed by atoms with Crippen LogP contribution < -0.4 is 31.8 Å². The van der Waals surface area contributed by atoms with Crippen LogP contribution in [0, 0.1) is 24.5 Å². The lowest BCUT2D eigenvalue weighted by Crippen LogP contribution is -2.25. The summed E-state index contributed by atoms with van der Waals surface area (Å²) in [6.45, 7) is 15.8. The summed E-state index contributed by atoms with van der Waals surface area (Å²) in [5.74, 6) is 0. The van der Waals surface area contributed by atoms with Crippen LogP contribution in [0.5, 0.6) is 0 Å². The van der Waals surface area contributed by atoms with Gasteiger partial charge in [-0.1, -0.05) is 140 Å². The SMILES string of the molecule is [C-]#[N+]c1cccc(P2(c3ccccc3)=NP(c3ccccc3)(c3cccc(C#N)c3)=NP(c3ccccc3)(c3cccc([N+]#[C-])c3)=N2)c1. The molecule has 6 aromatic rings. The van der Waals surface area contributed by atoms with Crippen LogP contribution in [0.4, 0.5) is 11.4 Å². The molecule has 0 saturated carbocycles. The van der Waals surface area contributed by atoms with E-state index in [9.17, 15) is 5.26 Å². The highest BCUT2D eigenvalue weighted by atomic mass is 31.3. The fourth-order valence-electron chi connectivity index (χ4n) is 5.87. The number of hydrogen-bond acceptors (Lipinski definition) is 4. The minimum absolute atomic E-state index is 0.504. The molecule has 3 unspecified atom stereocenters. The molecule has 0 saturated heterocycles.